The van der Waals surface area contributed by atoms with Crippen LogP contribution in [0.4, 0.5) is 5.82 Å². The summed E-state index contributed by atoms with van der Waals surface area (Å²) in [6.07, 6.45) is 2.50. The van der Waals surface area contributed by atoms with Gasteiger partial charge >= 0.3 is 7.82 Å². The third-order valence-corrected chi connectivity index (χ3v) is 5.86. The summed E-state index contributed by atoms with van der Waals surface area (Å²) >= 11 is 0. The van der Waals surface area contributed by atoms with Gasteiger partial charge in [0.15, 0.2) is 5.82 Å². The Labute approximate surface area is 190 Å². The molecule has 4 aromatic rings. The highest BCUT2D eigenvalue weighted by molar-refractivity contribution is 7.46. The van der Waals surface area contributed by atoms with Crippen molar-refractivity contribution in [1.29, 1.82) is 0 Å². The molecule has 11 heteroatoms. The Balaban J connectivity index is 1.98. The number of anilines is 1. The molecule has 0 unspecified atom stereocenters. The normalized spacial score (nSPS) is 12.0. The lowest BCUT2D eigenvalue weighted by Gasteiger charge is -2.16. The molecule has 2 aromatic heterocycles. The Morgan fingerprint density at radius 2 is 1.94 bits per heavy atom. The maximum absolute atomic E-state index is 11.5. The van der Waals surface area contributed by atoms with Crippen LogP contribution in [-0.2, 0) is 24.1 Å². The van der Waals surface area contributed by atoms with Crippen molar-refractivity contribution in [1.82, 2.24) is 14.5 Å². The van der Waals surface area contributed by atoms with Crippen molar-refractivity contribution >= 4 is 35.6 Å². The van der Waals surface area contributed by atoms with E-state index < -0.39 is 7.82 Å². The van der Waals surface area contributed by atoms with Gasteiger partial charge in [0, 0.05) is 23.9 Å². The van der Waals surface area contributed by atoms with E-state index in [1.165, 1.54) is 18.2 Å². The quantitative estimate of drug-likeness (QED) is 0.242. The van der Waals surface area contributed by atoms with Gasteiger partial charge in [0.05, 0.1) is 17.6 Å². The number of nitrogens with zero attached hydrogens (tertiary/aromatic N) is 3. The molecule has 0 aliphatic carbocycles. The van der Waals surface area contributed by atoms with Crippen molar-refractivity contribution in [2.75, 3.05) is 5.73 Å². The van der Waals surface area contributed by atoms with Crippen molar-refractivity contribution in [3.63, 3.8) is 0 Å². The van der Waals surface area contributed by atoms with Gasteiger partial charge in [-0.15, -0.1) is 0 Å². The summed E-state index contributed by atoms with van der Waals surface area (Å²) in [6, 6.07) is 9.74. The van der Waals surface area contributed by atoms with Crippen molar-refractivity contribution in [3.8, 4) is 11.5 Å². The molecular formula is C22H26N5O5P. The van der Waals surface area contributed by atoms with E-state index in [-0.39, 0.29) is 23.9 Å². The number of benzene rings is 2. The third kappa shape index (κ3) is 4.79. The van der Waals surface area contributed by atoms with E-state index in [0.29, 0.717) is 29.6 Å². The summed E-state index contributed by atoms with van der Waals surface area (Å²) < 4.78 is 18.3. The lowest BCUT2D eigenvalue weighted by molar-refractivity contribution is 0.282. The topological polar surface area (TPSA) is 170 Å². The summed E-state index contributed by atoms with van der Waals surface area (Å²) in [5.41, 5.74) is 15.4. The minimum Gasteiger partial charge on any atom is -0.508 e. The maximum Gasteiger partial charge on any atom is 0.524 e. The van der Waals surface area contributed by atoms with Gasteiger partial charge in [-0.05, 0) is 42.3 Å². The first kappa shape index (κ1) is 23.0. The highest BCUT2D eigenvalue weighted by Crippen LogP contribution is 2.41. The molecule has 0 aliphatic heterocycles. The predicted octanol–water partition coefficient (Wildman–Crippen LogP) is 3.19. The van der Waals surface area contributed by atoms with Gasteiger partial charge in [0.2, 0.25) is 0 Å². The van der Waals surface area contributed by atoms with Crippen LogP contribution in [0.5, 0.6) is 11.5 Å². The summed E-state index contributed by atoms with van der Waals surface area (Å²) in [4.78, 5) is 27.9. The number of fused-ring (bicyclic) bond motifs is 3. The third-order valence-electron chi connectivity index (χ3n) is 5.43. The van der Waals surface area contributed by atoms with Crippen molar-refractivity contribution in [2.24, 2.45) is 5.73 Å². The highest BCUT2D eigenvalue weighted by Gasteiger charge is 2.22. The largest absolute Gasteiger partial charge is 0.524 e. The van der Waals surface area contributed by atoms with Gasteiger partial charge in [0.1, 0.15) is 22.8 Å². The van der Waals surface area contributed by atoms with Crippen LogP contribution in [0.3, 0.4) is 0 Å². The van der Waals surface area contributed by atoms with E-state index in [9.17, 15) is 19.5 Å². The molecule has 0 saturated heterocycles. The van der Waals surface area contributed by atoms with Crippen LogP contribution in [-0.4, -0.2) is 29.4 Å². The molecule has 2 heterocycles. The summed E-state index contributed by atoms with van der Waals surface area (Å²) in [7, 11) is -4.81. The monoisotopic (exact) mass is 471 g/mol. The highest BCUT2D eigenvalue weighted by atomic mass is 31.2. The Morgan fingerprint density at radius 3 is 2.64 bits per heavy atom. The average molecular weight is 471 g/mol. The van der Waals surface area contributed by atoms with Gasteiger partial charge in [-0.25, -0.2) is 14.5 Å². The van der Waals surface area contributed by atoms with Crippen LogP contribution in [0.1, 0.15) is 36.7 Å². The number of pyridine rings is 1. The summed E-state index contributed by atoms with van der Waals surface area (Å²) in [5, 5.41) is 10.9. The number of nitrogens with two attached hydrogens (primary N) is 2. The molecule has 0 amide bonds. The number of aromatic hydroxyl groups is 1. The molecule has 33 heavy (non-hydrogen) atoms. The Hall–Kier alpha value is -3.17. The van der Waals surface area contributed by atoms with Crippen LogP contribution in [0.15, 0.2) is 36.4 Å². The van der Waals surface area contributed by atoms with Gasteiger partial charge < -0.3 is 25.7 Å². The molecule has 2 aromatic carbocycles. The first-order chi connectivity index (χ1) is 15.7. The Morgan fingerprint density at radius 1 is 1.15 bits per heavy atom. The molecule has 0 saturated carbocycles. The maximum atomic E-state index is 11.5. The first-order valence-electron chi connectivity index (χ1n) is 10.5. The number of imidazole rings is 1. The van der Waals surface area contributed by atoms with E-state index in [2.05, 4.69) is 11.9 Å². The average Bonchev–Trinajstić information content (AvgIpc) is 3.12. The molecule has 0 spiro atoms. The number of hydrogen-bond acceptors (Lipinski definition) is 7. The zero-order valence-corrected chi connectivity index (χ0v) is 19.0. The zero-order valence-electron chi connectivity index (χ0n) is 18.1. The standard InChI is InChI=1S/C22H26N5O5P/c1-2-3-4-19-26-20-21(16-9-13(11-23)5-7-17(16)25-22(20)24)27(19)12-14-10-15(28)6-8-18(14)32-33(29,30)31/h5-10,28H,2-4,11-12,23H2,1H3,(H2,24,25)(H2,29,30,31). The summed E-state index contributed by atoms with van der Waals surface area (Å²) in [6.45, 7) is 2.57. The van der Waals surface area contributed by atoms with E-state index in [4.69, 9.17) is 21.0 Å². The number of phenolic OH excluding ortho intramolecular Hbond substituents is 1. The molecule has 174 valence electrons. The minimum absolute atomic E-state index is 0.0293. The second kappa shape index (κ2) is 8.99. The fourth-order valence-electron chi connectivity index (χ4n) is 3.90. The number of hydrogen-bond donors (Lipinski definition) is 5. The SMILES string of the molecule is CCCCc1nc2c(N)nc3ccc(CN)cc3c2n1Cc1cc(O)ccc1OP(=O)(O)O. The van der Waals surface area contributed by atoms with Gasteiger partial charge in [-0.1, -0.05) is 19.4 Å². The number of aromatic nitrogens is 3. The van der Waals surface area contributed by atoms with Crippen molar-refractivity contribution < 1.29 is 24.0 Å². The molecule has 7 N–H and O–H groups in total. The lowest BCUT2D eigenvalue weighted by Crippen LogP contribution is -2.08. The number of phosphoric ester groups is 1. The first-order valence-corrected chi connectivity index (χ1v) is 12.1. The van der Waals surface area contributed by atoms with Crippen LogP contribution < -0.4 is 16.0 Å². The molecule has 0 aliphatic rings. The van der Waals surface area contributed by atoms with Gasteiger partial charge in [0.25, 0.3) is 0 Å². The number of unbranched alkanes of at least 4 members (excludes halogenated alkanes) is 1. The molecular weight excluding hydrogens is 445 g/mol. The van der Waals surface area contributed by atoms with Gasteiger partial charge in [-0.2, -0.15) is 0 Å². The second-order valence-corrected chi connectivity index (χ2v) is 9.01. The number of aryl methyl sites for hydroxylation is 1. The van der Waals surface area contributed by atoms with E-state index >= 15 is 0 Å². The van der Waals surface area contributed by atoms with Crippen LogP contribution >= 0.6 is 7.82 Å². The molecule has 10 nitrogen and oxygen atoms in total. The zero-order chi connectivity index (χ0) is 23.8. The molecule has 0 bridgehead atoms. The molecule has 0 radical (unpaired) electrons. The van der Waals surface area contributed by atoms with E-state index in [1.807, 2.05) is 22.8 Å². The fourth-order valence-corrected chi connectivity index (χ4v) is 4.34. The number of nitrogen functional groups attached to an aromatic ring is 1. The number of rotatable bonds is 8. The second-order valence-electron chi connectivity index (χ2n) is 7.84. The molecule has 0 fully saturated rings. The van der Waals surface area contributed by atoms with E-state index in [0.717, 1.165) is 35.1 Å². The van der Waals surface area contributed by atoms with Gasteiger partial charge in [-0.3, -0.25) is 9.79 Å². The fraction of sp³-hybridized carbons (Fsp3) is 0.273. The van der Waals surface area contributed by atoms with Crippen LogP contribution in [0.2, 0.25) is 0 Å². The predicted molar refractivity (Wildman–Crippen MR) is 126 cm³/mol. The van der Waals surface area contributed by atoms with E-state index in [1.54, 1.807) is 0 Å². The molecule has 0 atom stereocenters. The smallest absolute Gasteiger partial charge is 0.508 e. The molecule has 4 rings (SSSR count). The number of phenols is 1. The van der Waals surface area contributed by atoms with Crippen LogP contribution in [0, 0.1) is 0 Å². The Kier molecular flexibility index (Phi) is 6.27. The van der Waals surface area contributed by atoms with Crippen LogP contribution in [0.25, 0.3) is 21.9 Å². The summed E-state index contributed by atoms with van der Waals surface area (Å²) in [5.74, 6) is 0.950. The minimum atomic E-state index is -4.81. The van der Waals surface area contributed by atoms with Crippen molar-refractivity contribution in [2.45, 2.75) is 39.3 Å². The number of phosphoric acid groups is 1. The van der Waals surface area contributed by atoms with Crippen molar-refractivity contribution in [3.05, 3.63) is 53.3 Å². The lowest BCUT2D eigenvalue weighted by atomic mass is 10.1. The Bertz CT molecular complexity index is 1380.